The second-order valence-electron chi connectivity index (χ2n) is 3.49. The monoisotopic (exact) mass is 125 g/mol. The number of rotatable bonds is 0. The standard InChI is InChI=1S/C8H13O/c1-5-6-2-3-7(4-6)8(5)9/h5-9H,1-4H2. The molecule has 0 aliphatic heterocycles. The van der Waals surface area contributed by atoms with E-state index < -0.39 is 0 Å². The van der Waals surface area contributed by atoms with Crippen LogP contribution in [0.15, 0.2) is 0 Å². The molecule has 4 atom stereocenters. The van der Waals surface area contributed by atoms with E-state index >= 15 is 0 Å². The number of aliphatic hydroxyl groups is 1. The number of fused-ring (bicyclic) bond motifs is 2. The Hall–Kier alpha value is -0.0400. The van der Waals surface area contributed by atoms with E-state index in [1.54, 1.807) is 0 Å². The van der Waals surface area contributed by atoms with Crippen molar-refractivity contribution in [2.24, 2.45) is 17.8 Å². The van der Waals surface area contributed by atoms with Gasteiger partial charge in [-0.3, -0.25) is 0 Å². The third-order valence-corrected chi connectivity index (χ3v) is 3.04. The highest BCUT2D eigenvalue weighted by Gasteiger charge is 2.44. The molecular formula is C8H13O. The summed E-state index contributed by atoms with van der Waals surface area (Å²) in [5.41, 5.74) is 0. The molecular weight excluding hydrogens is 112 g/mol. The third-order valence-electron chi connectivity index (χ3n) is 3.04. The Morgan fingerprint density at radius 2 is 1.89 bits per heavy atom. The van der Waals surface area contributed by atoms with Gasteiger partial charge in [-0.05, 0) is 43.9 Å². The van der Waals surface area contributed by atoms with Gasteiger partial charge < -0.3 is 5.11 Å². The predicted molar refractivity (Wildman–Crippen MR) is 35.7 cm³/mol. The first-order valence-electron chi connectivity index (χ1n) is 3.80. The van der Waals surface area contributed by atoms with Gasteiger partial charge in [0.05, 0.1) is 6.10 Å². The van der Waals surface area contributed by atoms with Crippen molar-refractivity contribution in [1.29, 1.82) is 0 Å². The van der Waals surface area contributed by atoms with Crippen LogP contribution in [0.25, 0.3) is 0 Å². The summed E-state index contributed by atoms with van der Waals surface area (Å²) in [6.45, 7) is 3.95. The number of hydrogen-bond donors (Lipinski definition) is 1. The van der Waals surface area contributed by atoms with Gasteiger partial charge in [0.2, 0.25) is 0 Å². The van der Waals surface area contributed by atoms with Gasteiger partial charge >= 0.3 is 0 Å². The van der Waals surface area contributed by atoms with Crippen LogP contribution in [0, 0.1) is 24.7 Å². The van der Waals surface area contributed by atoms with Crippen LogP contribution < -0.4 is 0 Å². The average molecular weight is 125 g/mol. The van der Waals surface area contributed by atoms with Gasteiger partial charge in [-0.2, -0.15) is 0 Å². The van der Waals surface area contributed by atoms with E-state index in [1.807, 2.05) is 0 Å². The lowest BCUT2D eigenvalue weighted by Gasteiger charge is -2.22. The molecule has 1 nitrogen and oxygen atoms in total. The summed E-state index contributed by atoms with van der Waals surface area (Å²) in [6, 6.07) is 0. The Morgan fingerprint density at radius 3 is 2.22 bits per heavy atom. The van der Waals surface area contributed by atoms with Crippen molar-refractivity contribution in [3.8, 4) is 0 Å². The summed E-state index contributed by atoms with van der Waals surface area (Å²) in [6.07, 6.45) is 3.74. The summed E-state index contributed by atoms with van der Waals surface area (Å²) in [4.78, 5) is 0. The fourth-order valence-electron chi connectivity index (χ4n) is 2.38. The molecule has 0 aromatic carbocycles. The van der Waals surface area contributed by atoms with Crippen molar-refractivity contribution in [3.05, 3.63) is 6.92 Å². The SMILES string of the molecule is [CH2]C1C2CCC(C2)C1O. The van der Waals surface area contributed by atoms with Crippen molar-refractivity contribution in [3.63, 3.8) is 0 Å². The van der Waals surface area contributed by atoms with Crippen LogP contribution in [0.3, 0.4) is 0 Å². The molecule has 0 amide bonds. The fraction of sp³-hybridized carbons (Fsp3) is 0.875. The molecule has 2 rings (SSSR count). The summed E-state index contributed by atoms with van der Waals surface area (Å²) < 4.78 is 0. The Labute approximate surface area is 56.1 Å². The van der Waals surface area contributed by atoms with Crippen LogP contribution in [0.1, 0.15) is 19.3 Å². The molecule has 0 heterocycles. The maximum atomic E-state index is 9.43. The molecule has 2 saturated carbocycles. The predicted octanol–water partition coefficient (Wildman–Crippen LogP) is 1.23. The van der Waals surface area contributed by atoms with Crippen molar-refractivity contribution in [2.45, 2.75) is 25.4 Å². The topological polar surface area (TPSA) is 20.2 Å². The van der Waals surface area contributed by atoms with E-state index in [0.29, 0.717) is 11.8 Å². The normalized spacial score (nSPS) is 56.7. The Morgan fingerprint density at radius 1 is 1.22 bits per heavy atom. The zero-order chi connectivity index (χ0) is 6.43. The lowest BCUT2D eigenvalue weighted by molar-refractivity contribution is 0.0789. The highest BCUT2D eigenvalue weighted by Crippen LogP contribution is 2.47. The summed E-state index contributed by atoms with van der Waals surface area (Å²) in [5.74, 6) is 1.71. The molecule has 2 fully saturated rings. The summed E-state index contributed by atoms with van der Waals surface area (Å²) in [5, 5.41) is 9.43. The lowest BCUT2D eigenvalue weighted by atomic mass is 9.88. The van der Waals surface area contributed by atoms with Gasteiger partial charge in [-0.15, -0.1) is 0 Å². The van der Waals surface area contributed by atoms with E-state index in [1.165, 1.54) is 19.3 Å². The van der Waals surface area contributed by atoms with Crippen molar-refractivity contribution in [2.75, 3.05) is 0 Å². The summed E-state index contributed by atoms with van der Waals surface area (Å²) >= 11 is 0. The fourth-order valence-corrected chi connectivity index (χ4v) is 2.38. The third kappa shape index (κ3) is 0.644. The average Bonchev–Trinajstić information content (AvgIpc) is 2.37. The van der Waals surface area contributed by atoms with Gasteiger partial charge in [-0.25, -0.2) is 0 Å². The van der Waals surface area contributed by atoms with Crippen molar-refractivity contribution < 1.29 is 5.11 Å². The molecule has 0 saturated heterocycles. The first-order valence-corrected chi connectivity index (χ1v) is 3.80. The maximum Gasteiger partial charge on any atom is 0.0599 e. The number of hydrogen-bond acceptors (Lipinski definition) is 1. The molecule has 0 spiro atoms. The summed E-state index contributed by atoms with van der Waals surface area (Å²) in [7, 11) is 0. The van der Waals surface area contributed by atoms with E-state index in [2.05, 4.69) is 6.92 Å². The minimum absolute atomic E-state index is 0.0660. The van der Waals surface area contributed by atoms with Crippen LogP contribution in [0.5, 0.6) is 0 Å². The van der Waals surface area contributed by atoms with E-state index in [9.17, 15) is 5.11 Å². The molecule has 1 heteroatoms. The second-order valence-corrected chi connectivity index (χ2v) is 3.49. The van der Waals surface area contributed by atoms with E-state index in [0.717, 1.165) is 5.92 Å². The Kier molecular flexibility index (Phi) is 1.10. The number of aliphatic hydroxyl groups excluding tert-OH is 1. The van der Waals surface area contributed by atoms with Gasteiger partial charge in [0, 0.05) is 0 Å². The highest BCUT2D eigenvalue weighted by molar-refractivity contribution is 4.97. The zero-order valence-corrected chi connectivity index (χ0v) is 5.59. The van der Waals surface area contributed by atoms with Crippen LogP contribution >= 0.6 is 0 Å². The van der Waals surface area contributed by atoms with Gasteiger partial charge in [0.15, 0.2) is 0 Å². The van der Waals surface area contributed by atoms with Gasteiger partial charge in [-0.1, -0.05) is 0 Å². The first kappa shape index (κ1) is 5.72. The van der Waals surface area contributed by atoms with Crippen LogP contribution in [-0.4, -0.2) is 11.2 Å². The van der Waals surface area contributed by atoms with Gasteiger partial charge in [0.1, 0.15) is 0 Å². The Balaban J connectivity index is 2.15. The molecule has 51 valence electrons. The van der Waals surface area contributed by atoms with E-state index in [4.69, 9.17) is 0 Å². The molecule has 9 heavy (non-hydrogen) atoms. The molecule has 0 aromatic rings. The Bertz CT molecular complexity index is 104. The van der Waals surface area contributed by atoms with Crippen LogP contribution in [-0.2, 0) is 0 Å². The highest BCUT2D eigenvalue weighted by atomic mass is 16.3. The molecule has 0 aromatic heterocycles. The first-order chi connectivity index (χ1) is 4.29. The van der Waals surface area contributed by atoms with Crippen molar-refractivity contribution >= 4 is 0 Å². The second kappa shape index (κ2) is 1.72. The molecule has 1 N–H and O–H groups in total. The molecule has 2 aliphatic rings. The molecule has 4 unspecified atom stereocenters. The van der Waals surface area contributed by atoms with E-state index in [-0.39, 0.29) is 6.10 Å². The smallest absolute Gasteiger partial charge is 0.0599 e. The minimum atomic E-state index is -0.0660. The maximum absolute atomic E-state index is 9.43. The van der Waals surface area contributed by atoms with Crippen molar-refractivity contribution in [1.82, 2.24) is 0 Å². The molecule has 2 aliphatic carbocycles. The van der Waals surface area contributed by atoms with Gasteiger partial charge in [0.25, 0.3) is 0 Å². The van der Waals surface area contributed by atoms with Crippen LogP contribution in [0.4, 0.5) is 0 Å². The molecule has 2 bridgehead atoms. The largest absolute Gasteiger partial charge is 0.393 e. The van der Waals surface area contributed by atoms with Crippen LogP contribution in [0.2, 0.25) is 0 Å². The quantitative estimate of drug-likeness (QED) is 0.516. The minimum Gasteiger partial charge on any atom is -0.393 e. The molecule has 1 radical (unpaired) electrons. The zero-order valence-electron chi connectivity index (χ0n) is 5.59. The lowest BCUT2D eigenvalue weighted by Crippen LogP contribution is -2.24.